The molecule has 1 atom stereocenters. The van der Waals surface area contributed by atoms with Crippen molar-refractivity contribution >= 4 is 72.6 Å². The molecule has 1 amide bonds. The van der Waals surface area contributed by atoms with Crippen LogP contribution < -0.4 is 5.32 Å². The van der Waals surface area contributed by atoms with Crippen LogP contribution in [0.2, 0.25) is 0 Å². The number of alkyl halides is 3. The van der Waals surface area contributed by atoms with E-state index in [2.05, 4.69) is 37.2 Å². The zero-order chi connectivity index (χ0) is 14.1. The van der Waals surface area contributed by atoms with Gasteiger partial charge in [0, 0.05) is 4.47 Å². The van der Waals surface area contributed by atoms with Crippen LogP contribution in [0.25, 0.3) is 0 Å². The van der Waals surface area contributed by atoms with E-state index in [0.717, 1.165) is 0 Å². The molecule has 1 aromatic rings. The highest BCUT2D eigenvalue weighted by Gasteiger charge is 2.32. The van der Waals surface area contributed by atoms with Crippen molar-refractivity contribution in [3.8, 4) is 5.75 Å². The fourth-order valence-corrected chi connectivity index (χ4v) is 2.41. The molecule has 1 aromatic carbocycles. The second-order valence-corrected chi connectivity index (χ2v) is 7.34. The van der Waals surface area contributed by atoms with Crippen LogP contribution in [0.1, 0.15) is 10.4 Å². The Balaban J connectivity index is 2.99. The average Bonchev–Trinajstić information content (AvgIpc) is 2.21. The van der Waals surface area contributed by atoms with E-state index in [0.29, 0.717) is 8.95 Å². The maximum Gasteiger partial charge on any atom is 0.257 e. The zero-order valence-corrected chi connectivity index (χ0v) is 13.9. The molecule has 3 N–H and O–H groups in total. The zero-order valence-electron chi connectivity index (χ0n) is 8.42. The molecule has 18 heavy (non-hydrogen) atoms. The van der Waals surface area contributed by atoms with Crippen LogP contribution in [0.3, 0.4) is 0 Å². The monoisotopic (exact) mass is 439 g/mol. The summed E-state index contributed by atoms with van der Waals surface area (Å²) >= 11 is 22.4. The number of hydrogen-bond acceptors (Lipinski definition) is 3. The minimum atomic E-state index is -2.06. The van der Waals surface area contributed by atoms with Gasteiger partial charge in [-0.15, -0.1) is 0 Å². The van der Waals surface area contributed by atoms with E-state index in [9.17, 15) is 15.0 Å². The van der Waals surface area contributed by atoms with E-state index in [1.807, 2.05) is 0 Å². The van der Waals surface area contributed by atoms with Crippen molar-refractivity contribution in [2.24, 2.45) is 0 Å². The standard InChI is InChI=1S/C9H6Br2Cl3NO3/c10-3-1-4(6(16)5(11)2-3)7(17)15-8(18)9(12,13)14/h1-2,8,16,18H,(H,15,17). The number of phenols is 1. The highest BCUT2D eigenvalue weighted by molar-refractivity contribution is 9.11. The maximum absolute atomic E-state index is 11.8. The van der Waals surface area contributed by atoms with Gasteiger partial charge in [-0.25, -0.2) is 0 Å². The van der Waals surface area contributed by atoms with Gasteiger partial charge >= 0.3 is 0 Å². The number of benzene rings is 1. The third-order valence-electron chi connectivity index (χ3n) is 1.85. The minimum absolute atomic E-state index is 0.0791. The summed E-state index contributed by atoms with van der Waals surface area (Å²) in [6.45, 7) is 0. The van der Waals surface area contributed by atoms with Crippen molar-refractivity contribution in [2.45, 2.75) is 10.0 Å². The number of carbonyl (C=O) groups is 1. The van der Waals surface area contributed by atoms with Gasteiger partial charge in [-0.05, 0) is 28.1 Å². The highest BCUT2D eigenvalue weighted by atomic mass is 79.9. The van der Waals surface area contributed by atoms with E-state index >= 15 is 0 Å². The van der Waals surface area contributed by atoms with Gasteiger partial charge < -0.3 is 15.5 Å². The molecule has 0 heterocycles. The summed E-state index contributed by atoms with van der Waals surface area (Å²) in [7, 11) is 0. The molecule has 0 aliphatic heterocycles. The van der Waals surface area contributed by atoms with Crippen molar-refractivity contribution in [1.29, 1.82) is 0 Å². The van der Waals surface area contributed by atoms with E-state index in [1.165, 1.54) is 6.07 Å². The number of phenolic OH excluding ortho intramolecular Hbond substituents is 1. The molecule has 100 valence electrons. The van der Waals surface area contributed by atoms with Crippen molar-refractivity contribution in [1.82, 2.24) is 5.32 Å². The Morgan fingerprint density at radius 1 is 1.33 bits per heavy atom. The number of hydrogen-bond donors (Lipinski definition) is 3. The fourth-order valence-electron chi connectivity index (χ4n) is 1.02. The molecule has 0 aliphatic rings. The van der Waals surface area contributed by atoms with Gasteiger partial charge in [0.25, 0.3) is 5.91 Å². The number of amides is 1. The van der Waals surface area contributed by atoms with Gasteiger partial charge in [0.1, 0.15) is 5.75 Å². The summed E-state index contributed by atoms with van der Waals surface area (Å²) < 4.78 is -1.19. The number of nitrogens with one attached hydrogen (secondary N) is 1. The minimum Gasteiger partial charge on any atom is -0.506 e. The Bertz CT molecular complexity index is 479. The summed E-state index contributed by atoms with van der Waals surface area (Å²) in [6, 6.07) is 2.91. The summed E-state index contributed by atoms with van der Waals surface area (Å²) in [5, 5.41) is 21.2. The predicted octanol–water partition coefficient (Wildman–Crippen LogP) is 3.34. The van der Waals surface area contributed by atoms with E-state index < -0.39 is 15.9 Å². The molecule has 0 saturated carbocycles. The quantitative estimate of drug-likeness (QED) is 0.486. The molecule has 4 nitrogen and oxygen atoms in total. The SMILES string of the molecule is O=C(NC(O)C(Cl)(Cl)Cl)c1cc(Br)cc(Br)c1O. The number of aliphatic hydroxyl groups excluding tert-OH is 1. The summed E-state index contributed by atoms with van der Waals surface area (Å²) in [6.07, 6.45) is -1.70. The lowest BCUT2D eigenvalue weighted by Crippen LogP contribution is -2.43. The lowest BCUT2D eigenvalue weighted by Gasteiger charge is -2.20. The normalized spacial score (nSPS) is 13.2. The number of rotatable bonds is 2. The molecular formula is C9H6Br2Cl3NO3. The highest BCUT2D eigenvalue weighted by Crippen LogP contribution is 2.33. The van der Waals surface area contributed by atoms with E-state index in [4.69, 9.17) is 34.8 Å². The topological polar surface area (TPSA) is 69.6 Å². The van der Waals surface area contributed by atoms with Crippen LogP contribution >= 0.6 is 66.7 Å². The molecule has 1 unspecified atom stereocenters. The number of aromatic hydroxyl groups is 1. The molecule has 0 aromatic heterocycles. The maximum atomic E-state index is 11.8. The van der Waals surface area contributed by atoms with Crippen LogP contribution in [0, 0.1) is 0 Å². The first kappa shape index (κ1) is 16.3. The Kier molecular flexibility index (Phi) is 5.58. The van der Waals surface area contributed by atoms with Crippen LogP contribution in [0.4, 0.5) is 0 Å². The van der Waals surface area contributed by atoms with Crippen molar-refractivity contribution in [3.63, 3.8) is 0 Å². The molecule has 0 spiro atoms. The smallest absolute Gasteiger partial charge is 0.257 e. The Hall–Kier alpha value is 0.280. The van der Waals surface area contributed by atoms with Gasteiger partial charge in [0.05, 0.1) is 10.0 Å². The Labute approximate surface area is 134 Å². The molecule has 0 saturated heterocycles. The van der Waals surface area contributed by atoms with Gasteiger partial charge in [-0.1, -0.05) is 50.7 Å². The first-order valence-corrected chi connectivity index (χ1v) is 7.08. The lowest BCUT2D eigenvalue weighted by molar-refractivity contribution is 0.0789. The van der Waals surface area contributed by atoms with Gasteiger partial charge in [0.2, 0.25) is 3.79 Å². The lowest BCUT2D eigenvalue weighted by atomic mass is 10.2. The van der Waals surface area contributed by atoms with E-state index in [1.54, 1.807) is 6.07 Å². The van der Waals surface area contributed by atoms with E-state index in [-0.39, 0.29) is 11.3 Å². The van der Waals surface area contributed by atoms with Crippen LogP contribution in [0.15, 0.2) is 21.1 Å². The molecule has 0 bridgehead atoms. The molecule has 0 fully saturated rings. The van der Waals surface area contributed by atoms with Crippen molar-refractivity contribution in [3.05, 3.63) is 26.6 Å². The summed E-state index contributed by atoms with van der Waals surface area (Å²) in [5.41, 5.74) is -0.0791. The summed E-state index contributed by atoms with van der Waals surface area (Å²) in [4.78, 5) is 11.8. The summed E-state index contributed by atoms with van der Waals surface area (Å²) in [5.74, 6) is -1.07. The number of carbonyl (C=O) groups excluding carboxylic acids is 1. The molecule has 0 radical (unpaired) electrons. The third kappa shape index (κ3) is 4.15. The predicted molar refractivity (Wildman–Crippen MR) is 77.3 cm³/mol. The van der Waals surface area contributed by atoms with Gasteiger partial charge in [-0.3, -0.25) is 4.79 Å². The van der Waals surface area contributed by atoms with Crippen molar-refractivity contribution in [2.75, 3.05) is 0 Å². The Morgan fingerprint density at radius 3 is 2.39 bits per heavy atom. The second kappa shape index (κ2) is 6.15. The largest absolute Gasteiger partial charge is 0.506 e. The first-order valence-electron chi connectivity index (χ1n) is 4.36. The van der Waals surface area contributed by atoms with Crippen molar-refractivity contribution < 1.29 is 15.0 Å². The van der Waals surface area contributed by atoms with Crippen LogP contribution in [-0.4, -0.2) is 26.1 Å². The number of halogens is 5. The van der Waals surface area contributed by atoms with Gasteiger partial charge in [-0.2, -0.15) is 0 Å². The van der Waals surface area contributed by atoms with Crippen LogP contribution in [-0.2, 0) is 0 Å². The molecule has 0 aliphatic carbocycles. The fraction of sp³-hybridized carbons (Fsp3) is 0.222. The third-order valence-corrected chi connectivity index (χ3v) is 3.53. The Morgan fingerprint density at radius 2 is 1.89 bits per heavy atom. The average molecular weight is 442 g/mol. The first-order chi connectivity index (χ1) is 8.12. The molecule has 1 rings (SSSR count). The van der Waals surface area contributed by atoms with Crippen LogP contribution in [0.5, 0.6) is 5.75 Å². The second-order valence-electron chi connectivity index (χ2n) is 3.20. The molecule has 9 heteroatoms. The molecular weight excluding hydrogens is 436 g/mol. The van der Waals surface area contributed by atoms with Gasteiger partial charge in [0.15, 0.2) is 6.23 Å². The number of aliphatic hydroxyl groups is 1.